The standard InChI is InChI=1S/C16H25NO/c1-14(2)13-17-12-11-16(9-6-10-16)18-15-7-4-3-5-8-15/h3-5,7-8,14,17H,6,9-13H2,1-2H3. The largest absolute Gasteiger partial charge is 0.487 e. The molecule has 0 spiro atoms. The Bertz CT molecular complexity index is 343. The van der Waals surface area contributed by atoms with Gasteiger partial charge in [-0.05, 0) is 56.8 Å². The Morgan fingerprint density at radius 2 is 1.94 bits per heavy atom. The molecule has 0 heterocycles. The second-order valence-corrected chi connectivity index (χ2v) is 5.80. The zero-order chi connectivity index (χ0) is 12.8. The Balaban J connectivity index is 1.79. The van der Waals surface area contributed by atoms with Gasteiger partial charge in [0.1, 0.15) is 11.4 Å². The summed E-state index contributed by atoms with van der Waals surface area (Å²) in [4.78, 5) is 0. The molecular formula is C16H25NO. The lowest BCUT2D eigenvalue weighted by Gasteiger charge is -2.42. The lowest BCUT2D eigenvalue weighted by atomic mass is 9.77. The van der Waals surface area contributed by atoms with Gasteiger partial charge in [-0.25, -0.2) is 0 Å². The molecule has 2 rings (SSSR count). The minimum absolute atomic E-state index is 0.103. The molecule has 1 N–H and O–H groups in total. The van der Waals surface area contributed by atoms with Crippen molar-refractivity contribution in [3.63, 3.8) is 0 Å². The molecule has 2 nitrogen and oxygen atoms in total. The maximum absolute atomic E-state index is 6.20. The highest BCUT2D eigenvalue weighted by Gasteiger charge is 2.38. The van der Waals surface area contributed by atoms with Crippen LogP contribution in [0.15, 0.2) is 30.3 Å². The van der Waals surface area contributed by atoms with E-state index in [2.05, 4.69) is 31.3 Å². The molecule has 0 radical (unpaired) electrons. The Morgan fingerprint density at radius 1 is 1.22 bits per heavy atom. The van der Waals surface area contributed by atoms with Gasteiger partial charge in [0, 0.05) is 0 Å². The number of benzene rings is 1. The molecule has 0 unspecified atom stereocenters. The zero-order valence-electron chi connectivity index (χ0n) is 11.6. The number of nitrogens with one attached hydrogen (secondary N) is 1. The van der Waals surface area contributed by atoms with Crippen LogP contribution in [0, 0.1) is 5.92 Å². The first-order valence-corrected chi connectivity index (χ1v) is 7.15. The lowest BCUT2D eigenvalue weighted by molar-refractivity contribution is -0.0143. The van der Waals surface area contributed by atoms with Crippen LogP contribution in [0.2, 0.25) is 0 Å². The molecule has 1 aromatic rings. The van der Waals surface area contributed by atoms with Gasteiger partial charge in [-0.2, -0.15) is 0 Å². The average molecular weight is 247 g/mol. The molecule has 0 aromatic heterocycles. The molecule has 100 valence electrons. The SMILES string of the molecule is CC(C)CNCCC1(Oc2ccccc2)CCC1. The highest BCUT2D eigenvalue weighted by atomic mass is 16.5. The highest BCUT2D eigenvalue weighted by Crippen LogP contribution is 2.39. The fraction of sp³-hybridized carbons (Fsp3) is 0.625. The monoisotopic (exact) mass is 247 g/mol. The number of hydrogen-bond donors (Lipinski definition) is 1. The first-order valence-electron chi connectivity index (χ1n) is 7.15. The summed E-state index contributed by atoms with van der Waals surface area (Å²) in [5, 5.41) is 3.51. The first kappa shape index (κ1) is 13.4. The van der Waals surface area contributed by atoms with Gasteiger partial charge in [-0.3, -0.25) is 0 Å². The summed E-state index contributed by atoms with van der Waals surface area (Å²) < 4.78 is 6.20. The minimum atomic E-state index is 0.103. The summed E-state index contributed by atoms with van der Waals surface area (Å²) in [5.41, 5.74) is 0.103. The second kappa shape index (κ2) is 6.24. The van der Waals surface area contributed by atoms with Crippen molar-refractivity contribution < 1.29 is 4.74 Å². The smallest absolute Gasteiger partial charge is 0.120 e. The van der Waals surface area contributed by atoms with Gasteiger partial charge >= 0.3 is 0 Å². The van der Waals surface area contributed by atoms with E-state index in [1.54, 1.807) is 0 Å². The van der Waals surface area contributed by atoms with E-state index in [1.165, 1.54) is 19.3 Å². The predicted octanol–water partition coefficient (Wildman–Crippen LogP) is 3.62. The van der Waals surface area contributed by atoms with E-state index < -0.39 is 0 Å². The number of para-hydroxylation sites is 1. The molecule has 1 aliphatic carbocycles. The van der Waals surface area contributed by atoms with Crippen LogP contribution in [-0.4, -0.2) is 18.7 Å². The van der Waals surface area contributed by atoms with E-state index >= 15 is 0 Å². The van der Waals surface area contributed by atoms with Gasteiger partial charge in [0.05, 0.1) is 0 Å². The van der Waals surface area contributed by atoms with Gasteiger partial charge in [-0.15, -0.1) is 0 Å². The molecule has 0 aliphatic heterocycles. The normalized spacial score (nSPS) is 17.5. The van der Waals surface area contributed by atoms with E-state index in [-0.39, 0.29) is 5.60 Å². The van der Waals surface area contributed by atoms with Crippen LogP contribution in [-0.2, 0) is 0 Å². The summed E-state index contributed by atoms with van der Waals surface area (Å²) in [5.74, 6) is 1.73. The van der Waals surface area contributed by atoms with Crippen LogP contribution in [0.25, 0.3) is 0 Å². The van der Waals surface area contributed by atoms with Crippen LogP contribution < -0.4 is 10.1 Å². The molecule has 18 heavy (non-hydrogen) atoms. The van der Waals surface area contributed by atoms with Crippen LogP contribution in [0.4, 0.5) is 0 Å². The Morgan fingerprint density at radius 3 is 2.50 bits per heavy atom. The number of hydrogen-bond acceptors (Lipinski definition) is 2. The maximum atomic E-state index is 6.20. The third-order valence-corrected chi connectivity index (χ3v) is 3.65. The molecule has 2 heteroatoms. The molecular weight excluding hydrogens is 222 g/mol. The molecule has 1 fully saturated rings. The quantitative estimate of drug-likeness (QED) is 0.743. The summed E-state index contributed by atoms with van der Waals surface area (Å²) in [7, 11) is 0. The zero-order valence-corrected chi connectivity index (χ0v) is 11.6. The summed E-state index contributed by atoms with van der Waals surface area (Å²) >= 11 is 0. The van der Waals surface area contributed by atoms with Crippen molar-refractivity contribution in [2.75, 3.05) is 13.1 Å². The highest BCUT2D eigenvalue weighted by molar-refractivity contribution is 5.22. The van der Waals surface area contributed by atoms with Crippen LogP contribution in [0.3, 0.4) is 0 Å². The number of ether oxygens (including phenoxy) is 1. The van der Waals surface area contributed by atoms with Gasteiger partial charge in [0.15, 0.2) is 0 Å². The van der Waals surface area contributed by atoms with Crippen LogP contribution in [0.5, 0.6) is 5.75 Å². The van der Waals surface area contributed by atoms with Crippen molar-refractivity contribution in [3.05, 3.63) is 30.3 Å². The maximum Gasteiger partial charge on any atom is 0.120 e. The van der Waals surface area contributed by atoms with Crippen LogP contribution >= 0.6 is 0 Å². The van der Waals surface area contributed by atoms with E-state index in [9.17, 15) is 0 Å². The lowest BCUT2D eigenvalue weighted by Crippen LogP contribution is -2.45. The van der Waals surface area contributed by atoms with Gasteiger partial charge < -0.3 is 10.1 Å². The van der Waals surface area contributed by atoms with Crippen molar-refractivity contribution in [2.24, 2.45) is 5.92 Å². The summed E-state index contributed by atoms with van der Waals surface area (Å²) in [6.45, 7) is 6.64. The second-order valence-electron chi connectivity index (χ2n) is 5.80. The summed E-state index contributed by atoms with van der Waals surface area (Å²) in [6.07, 6.45) is 4.82. The third-order valence-electron chi connectivity index (χ3n) is 3.65. The first-order chi connectivity index (χ1) is 8.70. The van der Waals surface area contributed by atoms with E-state index in [4.69, 9.17) is 4.74 Å². The molecule has 1 aliphatic rings. The fourth-order valence-electron chi connectivity index (χ4n) is 2.42. The van der Waals surface area contributed by atoms with E-state index in [1.807, 2.05) is 18.2 Å². The third kappa shape index (κ3) is 3.74. The Labute approximate surface area is 111 Å². The Kier molecular flexibility index (Phi) is 4.65. The van der Waals surface area contributed by atoms with Crippen molar-refractivity contribution in [2.45, 2.75) is 45.1 Å². The van der Waals surface area contributed by atoms with Crippen LogP contribution in [0.1, 0.15) is 39.5 Å². The van der Waals surface area contributed by atoms with Crippen molar-refractivity contribution >= 4 is 0 Å². The topological polar surface area (TPSA) is 21.3 Å². The molecule has 1 saturated carbocycles. The minimum Gasteiger partial charge on any atom is -0.487 e. The molecule has 0 amide bonds. The fourth-order valence-corrected chi connectivity index (χ4v) is 2.42. The molecule has 0 atom stereocenters. The van der Waals surface area contributed by atoms with Crippen molar-refractivity contribution in [3.8, 4) is 5.75 Å². The summed E-state index contributed by atoms with van der Waals surface area (Å²) in [6, 6.07) is 10.2. The van der Waals surface area contributed by atoms with Gasteiger partial charge in [-0.1, -0.05) is 32.0 Å². The predicted molar refractivity (Wildman–Crippen MR) is 76.0 cm³/mol. The van der Waals surface area contributed by atoms with Crippen molar-refractivity contribution in [1.29, 1.82) is 0 Å². The van der Waals surface area contributed by atoms with Gasteiger partial charge in [0.25, 0.3) is 0 Å². The molecule has 0 saturated heterocycles. The van der Waals surface area contributed by atoms with Crippen molar-refractivity contribution in [1.82, 2.24) is 5.32 Å². The van der Waals surface area contributed by atoms with E-state index in [0.29, 0.717) is 0 Å². The molecule has 1 aromatic carbocycles. The molecule has 0 bridgehead atoms. The van der Waals surface area contributed by atoms with Gasteiger partial charge in [0.2, 0.25) is 0 Å². The Hall–Kier alpha value is -1.02. The average Bonchev–Trinajstić information content (AvgIpc) is 2.32. The van der Waals surface area contributed by atoms with E-state index in [0.717, 1.165) is 31.2 Å². The number of rotatable bonds is 7.